The molecule has 1 aromatic carbocycles. The lowest BCUT2D eigenvalue weighted by Crippen LogP contribution is -2.29. The Kier molecular flexibility index (Phi) is 4.74. The fourth-order valence-electron chi connectivity index (χ4n) is 2.50. The lowest BCUT2D eigenvalue weighted by atomic mass is 10.1. The average molecular weight is 352 g/mol. The van der Waals surface area contributed by atoms with Gasteiger partial charge in [-0.25, -0.2) is 0 Å². The van der Waals surface area contributed by atoms with E-state index in [-0.39, 0.29) is 23.3 Å². The Morgan fingerprint density at radius 2 is 2.08 bits per heavy atom. The van der Waals surface area contributed by atoms with Crippen molar-refractivity contribution in [2.75, 3.05) is 7.05 Å². The second-order valence-electron chi connectivity index (χ2n) is 5.76. The molecule has 0 aliphatic rings. The largest absolute Gasteiger partial charge is 0.355 e. The highest BCUT2D eigenvalue weighted by Gasteiger charge is 2.23. The predicted molar refractivity (Wildman–Crippen MR) is 93.3 cm³/mol. The molecule has 0 radical (unpaired) electrons. The molecule has 0 N–H and O–H groups in total. The number of aromatic nitrogens is 2. The molecule has 0 saturated heterocycles. The molecule has 1 atom stereocenters. The third kappa shape index (κ3) is 3.44. The summed E-state index contributed by atoms with van der Waals surface area (Å²) < 4.78 is 5.23. The van der Waals surface area contributed by atoms with E-state index in [1.165, 1.54) is 17.0 Å². The van der Waals surface area contributed by atoms with E-state index < -0.39 is 4.92 Å². The van der Waals surface area contributed by atoms with Gasteiger partial charge in [0, 0.05) is 43.2 Å². The van der Waals surface area contributed by atoms with E-state index in [9.17, 15) is 14.9 Å². The van der Waals surface area contributed by atoms with Crippen LogP contribution >= 0.6 is 0 Å². The van der Waals surface area contributed by atoms with Crippen LogP contribution in [-0.2, 0) is 0 Å². The highest BCUT2D eigenvalue weighted by molar-refractivity contribution is 5.93. The molecule has 2 aromatic heterocycles. The number of rotatable bonds is 5. The third-order valence-electron chi connectivity index (χ3n) is 4.14. The van der Waals surface area contributed by atoms with Crippen LogP contribution in [0.5, 0.6) is 0 Å². The van der Waals surface area contributed by atoms with Gasteiger partial charge in [-0.3, -0.25) is 19.9 Å². The standard InChI is InChI=1S/C18H16N4O4/c1-12(13-5-3-7-15(9-13)22(24)25)21(2)18(23)16-10-17(26-20-16)14-6-4-8-19-11-14/h3-12H,1-2H3. The predicted octanol–water partition coefficient (Wildman–Crippen LogP) is 3.48. The van der Waals surface area contributed by atoms with E-state index in [4.69, 9.17) is 4.52 Å². The van der Waals surface area contributed by atoms with Gasteiger partial charge in [0.05, 0.1) is 11.0 Å². The second kappa shape index (κ2) is 7.14. The molecular formula is C18H16N4O4. The van der Waals surface area contributed by atoms with E-state index >= 15 is 0 Å². The summed E-state index contributed by atoms with van der Waals surface area (Å²) in [7, 11) is 1.62. The van der Waals surface area contributed by atoms with Gasteiger partial charge < -0.3 is 9.42 Å². The molecule has 1 amide bonds. The highest BCUT2D eigenvalue weighted by atomic mass is 16.6. The Hall–Kier alpha value is -3.55. The quantitative estimate of drug-likeness (QED) is 0.514. The molecule has 0 aliphatic carbocycles. The molecule has 26 heavy (non-hydrogen) atoms. The van der Waals surface area contributed by atoms with E-state index in [2.05, 4.69) is 10.1 Å². The molecule has 0 aliphatic heterocycles. The van der Waals surface area contributed by atoms with E-state index in [0.29, 0.717) is 16.9 Å². The van der Waals surface area contributed by atoms with Gasteiger partial charge >= 0.3 is 0 Å². The number of amides is 1. The summed E-state index contributed by atoms with van der Waals surface area (Å²) in [5.41, 5.74) is 1.51. The monoisotopic (exact) mass is 352 g/mol. The smallest absolute Gasteiger partial charge is 0.276 e. The number of benzene rings is 1. The fraction of sp³-hybridized carbons (Fsp3) is 0.167. The van der Waals surface area contributed by atoms with Gasteiger partial charge in [0.25, 0.3) is 11.6 Å². The number of hydrogen-bond acceptors (Lipinski definition) is 6. The molecule has 0 spiro atoms. The normalized spacial score (nSPS) is 11.8. The Labute approximate surface area is 149 Å². The van der Waals surface area contributed by atoms with Crippen LogP contribution < -0.4 is 0 Å². The molecular weight excluding hydrogens is 336 g/mol. The van der Waals surface area contributed by atoms with Crippen molar-refractivity contribution in [1.29, 1.82) is 0 Å². The Bertz CT molecular complexity index is 939. The molecule has 1 unspecified atom stereocenters. The maximum absolute atomic E-state index is 12.7. The number of non-ortho nitro benzene ring substituents is 1. The zero-order chi connectivity index (χ0) is 18.7. The zero-order valence-corrected chi connectivity index (χ0v) is 14.2. The van der Waals surface area contributed by atoms with Crippen LogP contribution in [0.2, 0.25) is 0 Å². The van der Waals surface area contributed by atoms with Gasteiger partial charge in [-0.05, 0) is 24.6 Å². The van der Waals surface area contributed by atoms with Crippen LogP contribution in [0.3, 0.4) is 0 Å². The molecule has 0 bridgehead atoms. The van der Waals surface area contributed by atoms with E-state index in [1.54, 1.807) is 56.7 Å². The third-order valence-corrected chi connectivity index (χ3v) is 4.14. The van der Waals surface area contributed by atoms with Gasteiger partial charge in [0.2, 0.25) is 0 Å². The summed E-state index contributed by atoms with van der Waals surface area (Å²) >= 11 is 0. The molecule has 8 heteroatoms. The first-order chi connectivity index (χ1) is 12.5. The molecule has 3 aromatic rings. The summed E-state index contributed by atoms with van der Waals surface area (Å²) in [6.45, 7) is 1.79. The summed E-state index contributed by atoms with van der Waals surface area (Å²) in [6, 6.07) is 10.9. The number of carbonyl (C=O) groups is 1. The maximum Gasteiger partial charge on any atom is 0.276 e. The minimum atomic E-state index is -0.462. The average Bonchev–Trinajstić information content (AvgIpc) is 3.17. The van der Waals surface area contributed by atoms with Gasteiger partial charge in [0.15, 0.2) is 11.5 Å². The number of carbonyl (C=O) groups excluding carboxylic acids is 1. The summed E-state index contributed by atoms with van der Waals surface area (Å²) in [5, 5.41) is 14.8. The number of nitro benzene ring substituents is 1. The van der Waals surface area contributed by atoms with E-state index in [1.807, 2.05) is 0 Å². The van der Waals surface area contributed by atoms with Crippen LogP contribution in [0.1, 0.15) is 29.0 Å². The fourth-order valence-corrected chi connectivity index (χ4v) is 2.50. The second-order valence-corrected chi connectivity index (χ2v) is 5.76. The first-order valence-electron chi connectivity index (χ1n) is 7.86. The Morgan fingerprint density at radius 3 is 2.77 bits per heavy atom. The molecule has 8 nitrogen and oxygen atoms in total. The van der Waals surface area contributed by atoms with Gasteiger partial charge in [-0.15, -0.1) is 0 Å². The SMILES string of the molecule is CC(c1cccc([N+](=O)[O-])c1)N(C)C(=O)c1cc(-c2cccnc2)on1. The van der Waals surface area contributed by atoms with Crippen LogP contribution in [0.15, 0.2) is 59.4 Å². The van der Waals surface area contributed by atoms with Crippen molar-refractivity contribution >= 4 is 11.6 Å². The first-order valence-corrected chi connectivity index (χ1v) is 7.86. The molecule has 2 heterocycles. The van der Waals surface area contributed by atoms with Crippen molar-refractivity contribution in [3.05, 3.63) is 76.2 Å². The number of pyridine rings is 1. The minimum Gasteiger partial charge on any atom is -0.355 e. The van der Waals surface area contributed by atoms with Crippen molar-refractivity contribution in [2.45, 2.75) is 13.0 Å². The maximum atomic E-state index is 12.7. The first kappa shape index (κ1) is 17.3. The summed E-state index contributed by atoms with van der Waals surface area (Å²) in [6.07, 6.45) is 3.25. The van der Waals surface area contributed by atoms with Crippen LogP contribution in [0, 0.1) is 10.1 Å². The zero-order valence-electron chi connectivity index (χ0n) is 14.2. The Balaban J connectivity index is 1.80. The van der Waals surface area contributed by atoms with Crippen LogP contribution in [0.25, 0.3) is 11.3 Å². The molecule has 3 rings (SSSR count). The number of nitrogens with zero attached hydrogens (tertiary/aromatic N) is 4. The Morgan fingerprint density at radius 1 is 1.27 bits per heavy atom. The molecule has 132 valence electrons. The van der Waals surface area contributed by atoms with Crippen LogP contribution in [-0.4, -0.2) is 32.9 Å². The van der Waals surface area contributed by atoms with Gasteiger partial charge in [-0.2, -0.15) is 0 Å². The topological polar surface area (TPSA) is 102 Å². The van der Waals surface area contributed by atoms with Crippen molar-refractivity contribution in [3.8, 4) is 11.3 Å². The lowest BCUT2D eigenvalue weighted by Gasteiger charge is -2.24. The molecule has 0 saturated carbocycles. The van der Waals surface area contributed by atoms with Crippen molar-refractivity contribution in [3.63, 3.8) is 0 Å². The van der Waals surface area contributed by atoms with Crippen LogP contribution in [0.4, 0.5) is 5.69 Å². The lowest BCUT2D eigenvalue weighted by molar-refractivity contribution is -0.384. The van der Waals surface area contributed by atoms with Crippen molar-refractivity contribution in [2.24, 2.45) is 0 Å². The summed E-state index contributed by atoms with van der Waals surface area (Å²) in [5.74, 6) is 0.0979. The van der Waals surface area contributed by atoms with Crippen molar-refractivity contribution < 1.29 is 14.2 Å². The van der Waals surface area contributed by atoms with Gasteiger partial charge in [0.1, 0.15) is 0 Å². The number of hydrogen-bond donors (Lipinski definition) is 0. The summed E-state index contributed by atoms with van der Waals surface area (Å²) in [4.78, 5) is 28.6. The number of nitro groups is 1. The van der Waals surface area contributed by atoms with E-state index in [0.717, 1.165) is 0 Å². The minimum absolute atomic E-state index is 0.0181. The van der Waals surface area contributed by atoms with Crippen molar-refractivity contribution in [1.82, 2.24) is 15.0 Å². The van der Waals surface area contributed by atoms with Gasteiger partial charge in [-0.1, -0.05) is 17.3 Å². The highest BCUT2D eigenvalue weighted by Crippen LogP contribution is 2.25. The molecule has 0 fully saturated rings.